The second-order valence-electron chi connectivity index (χ2n) is 4.13. The van der Waals surface area contributed by atoms with Crippen LogP contribution in [0.15, 0.2) is 14.1 Å². The second-order valence-corrected chi connectivity index (χ2v) is 8.87. The van der Waals surface area contributed by atoms with Gasteiger partial charge in [0.15, 0.2) is 0 Å². The number of rotatable bonds is 7. The van der Waals surface area contributed by atoms with E-state index >= 15 is 0 Å². The lowest BCUT2D eigenvalue weighted by Gasteiger charge is -2.13. The Kier molecular flexibility index (Phi) is 6.61. The Balaban J connectivity index is 2.70. The van der Waals surface area contributed by atoms with E-state index in [1.165, 1.54) is 11.3 Å². The first-order valence-corrected chi connectivity index (χ1v) is 9.35. The Bertz CT molecular complexity index is 468. The van der Waals surface area contributed by atoms with Crippen LogP contribution in [0.3, 0.4) is 0 Å². The average molecular weight is 375 g/mol. The molecule has 104 valence electrons. The molecule has 1 rings (SSSR count). The van der Waals surface area contributed by atoms with Crippen molar-refractivity contribution in [3.8, 4) is 0 Å². The summed E-state index contributed by atoms with van der Waals surface area (Å²) in [5.41, 5.74) is 0.938. The summed E-state index contributed by atoms with van der Waals surface area (Å²) in [7, 11) is -3.39. The van der Waals surface area contributed by atoms with E-state index < -0.39 is 10.0 Å². The molecule has 0 aliphatic carbocycles. The first-order valence-electron chi connectivity index (χ1n) is 5.72. The van der Waals surface area contributed by atoms with Crippen LogP contribution in [0.4, 0.5) is 0 Å². The molecule has 0 radical (unpaired) electrons. The molecule has 1 heterocycles. The molecule has 1 unspecified atom stereocenters. The number of thiophene rings is 1. The molecule has 0 aromatic carbocycles. The summed E-state index contributed by atoms with van der Waals surface area (Å²) in [5.74, 6) is 0.853. The third kappa shape index (κ3) is 4.49. The first kappa shape index (κ1) is 16.4. The van der Waals surface area contributed by atoms with E-state index in [0.717, 1.165) is 22.2 Å². The van der Waals surface area contributed by atoms with Crippen LogP contribution in [0.2, 0.25) is 0 Å². The summed E-state index contributed by atoms with van der Waals surface area (Å²) >= 11 is 10.3. The molecular formula is C11H17BrClNO2S2. The van der Waals surface area contributed by atoms with E-state index in [9.17, 15) is 8.42 Å². The number of sulfonamides is 1. The van der Waals surface area contributed by atoms with Crippen LogP contribution < -0.4 is 4.72 Å². The quantitative estimate of drug-likeness (QED) is 0.739. The highest BCUT2D eigenvalue weighted by atomic mass is 79.9. The van der Waals surface area contributed by atoms with Crippen molar-refractivity contribution in [2.75, 3.05) is 12.4 Å². The molecule has 0 amide bonds. The molecule has 18 heavy (non-hydrogen) atoms. The van der Waals surface area contributed by atoms with Crippen molar-refractivity contribution >= 4 is 48.9 Å². The molecule has 1 atom stereocenters. The number of halogens is 2. The van der Waals surface area contributed by atoms with Crippen molar-refractivity contribution in [1.82, 2.24) is 4.72 Å². The van der Waals surface area contributed by atoms with Crippen LogP contribution >= 0.6 is 38.9 Å². The van der Waals surface area contributed by atoms with Gasteiger partial charge in [-0.1, -0.05) is 13.3 Å². The predicted molar refractivity (Wildman–Crippen MR) is 81.1 cm³/mol. The fourth-order valence-electron chi connectivity index (χ4n) is 1.47. The molecule has 7 heteroatoms. The molecule has 0 saturated heterocycles. The summed E-state index contributed by atoms with van der Waals surface area (Å²) in [5, 5.41) is 0. The molecule has 0 spiro atoms. The Labute approximate surface area is 126 Å². The smallest absolute Gasteiger partial charge is 0.210 e. The normalized spacial score (nSPS) is 13.8. The molecular weight excluding hydrogens is 358 g/mol. The first-order chi connectivity index (χ1) is 8.40. The topological polar surface area (TPSA) is 46.2 Å². The zero-order valence-electron chi connectivity index (χ0n) is 10.4. The third-order valence-corrected chi connectivity index (χ3v) is 7.01. The minimum absolute atomic E-state index is 0.293. The highest BCUT2D eigenvalue weighted by Gasteiger charge is 2.19. The van der Waals surface area contributed by atoms with Gasteiger partial charge >= 0.3 is 0 Å². The van der Waals surface area contributed by atoms with Crippen LogP contribution in [0.1, 0.15) is 25.3 Å². The predicted octanol–water partition coefficient (Wildman–Crippen LogP) is 3.75. The number of alkyl halides is 1. The molecule has 3 nitrogen and oxygen atoms in total. The van der Waals surface area contributed by atoms with Crippen molar-refractivity contribution < 1.29 is 8.42 Å². The molecule has 0 aliphatic rings. The van der Waals surface area contributed by atoms with Crippen molar-refractivity contribution in [3.05, 3.63) is 15.4 Å². The van der Waals surface area contributed by atoms with Crippen molar-refractivity contribution in [1.29, 1.82) is 0 Å². The summed E-state index contributed by atoms with van der Waals surface area (Å²) in [6, 6.07) is 1.68. The fourth-order valence-corrected chi connectivity index (χ4v) is 5.16. The number of nitrogens with one attached hydrogen (secondary N) is 1. The number of hydrogen-bond donors (Lipinski definition) is 1. The van der Waals surface area contributed by atoms with Gasteiger partial charge in [-0.15, -0.1) is 22.9 Å². The van der Waals surface area contributed by atoms with Gasteiger partial charge in [-0.3, -0.25) is 0 Å². The minimum Gasteiger partial charge on any atom is -0.210 e. The Morgan fingerprint density at radius 1 is 1.56 bits per heavy atom. The van der Waals surface area contributed by atoms with Crippen molar-refractivity contribution in [3.63, 3.8) is 0 Å². The largest absolute Gasteiger partial charge is 0.250 e. The lowest BCUT2D eigenvalue weighted by atomic mass is 10.0. The van der Waals surface area contributed by atoms with Crippen molar-refractivity contribution in [2.45, 2.75) is 30.9 Å². The standard InChI is InChI=1S/C11H17BrClNO2S2/c1-3-9(4-5-13)7-14-18(15,16)10-6-8(2)11(12)17-10/h6,9,14H,3-5,7H2,1-2H3. The van der Waals surface area contributed by atoms with Crippen molar-refractivity contribution in [2.24, 2.45) is 5.92 Å². The highest BCUT2D eigenvalue weighted by Crippen LogP contribution is 2.30. The highest BCUT2D eigenvalue weighted by molar-refractivity contribution is 9.11. The van der Waals surface area contributed by atoms with Gasteiger partial charge in [0.25, 0.3) is 0 Å². The van der Waals surface area contributed by atoms with E-state index in [0.29, 0.717) is 22.6 Å². The molecule has 0 aliphatic heterocycles. The number of hydrogen-bond acceptors (Lipinski definition) is 3. The average Bonchev–Trinajstić information content (AvgIpc) is 2.66. The van der Waals surface area contributed by atoms with Gasteiger partial charge in [-0.05, 0) is 46.8 Å². The summed E-state index contributed by atoms with van der Waals surface area (Å²) in [6.45, 7) is 4.36. The molecule has 1 N–H and O–H groups in total. The van der Waals surface area contributed by atoms with E-state index in [1.54, 1.807) is 6.07 Å². The summed E-state index contributed by atoms with van der Waals surface area (Å²) < 4.78 is 28.0. The van der Waals surface area contributed by atoms with Gasteiger partial charge in [0.1, 0.15) is 4.21 Å². The molecule has 0 bridgehead atoms. The summed E-state index contributed by atoms with van der Waals surface area (Å²) in [6.07, 6.45) is 1.75. The lowest BCUT2D eigenvalue weighted by molar-refractivity contribution is 0.481. The molecule has 0 fully saturated rings. The Hall–Kier alpha value is 0.380. The molecule has 1 aromatic rings. The van der Waals surface area contributed by atoms with Gasteiger partial charge in [-0.2, -0.15) is 0 Å². The van der Waals surface area contributed by atoms with Crippen LogP contribution in [-0.2, 0) is 10.0 Å². The maximum absolute atomic E-state index is 12.1. The van der Waals surface area contributed by atoms with Crippen LogP contribution in [-0.4, -0.2) is 20.8 Å². The minimum atomic E-state index is -3.39. The van der Waals surface area contributed by atoms with E-state index in [-0.39, 0.29) is 0 Å². The fraction of sp³-hybridized carbons (Fsp3) is 0.636. The van der Waals surface area contributed by atoms with Crippen LogP contribution in [0, 0.1) is 12.8 Å². The van der Waals surface area contributed by atoms with Gasteiger partial charge in [0.2, 0.25) is 10.0 Å². The second kappa shape index (κ2) is 7.24. The lowest BCUT2D eigenvalue weighted by Crippen LogP contribution is -2.29. The number of aryl methyl sites for hydroxylation is 1. The van der Waals surface area contributed by atoms with Gasteiger partial charge in [0.05, 0.1) is 3.79 Å². The van der Waals surface area contributed by atoms with E-state index in [2.05, 4.69) is 20.7 Å². The Morgan fingerprint density at radius 2 is 2.22 bits per heavy atom. The molecule has 1 aromatic heterocycles. The maximum atomic E-state index is 12.1. The Morgan fingerprint density at radius 3 is 2.67 bits per heavy atom. The van der Waals surface area contributed by atoms with E-state index in [1.807, 2.05) is 13.8 Å². The SMILES string of the molecule is CCC(CCCl)CNS(=O)(=O)c1cc(C)c(Br)s1. The van der Waals surface area contributed by atoms with Gasteiger partial charge < -0.3 is 0 Å². The van der Waals surface area contributed by atoms with Gasteiger partial charge in [-0.25, -0.2) is 13.1 Å². The van der Waals surface area contributed by atoms with Crippen LogP contribution in [0.25, 0.3) is 0 Å². The third-order valence-electron chi connectivity index (χ3n) is 2.76. The zero-order valence-corrected chi connectivity index (χ0v) is 14.3. The van der Waals surface area contributed by atoms with E-state index in [4.69, 9.17) is 11.6 Å². The van der Waals surface area contributed by atoms with Gasteiger partial charge in [0, 0.05) is 12.4 Å². The summed E-state index contributed by atoms with van der Waals surface area (Å²) in [4.78, 5) is 0. The van der Waals surface area contributed by atoms with Crippen LogP contribution in [0.5, 0.6) is 0 Å². The maximum Gasteiger partial charge on any atom is 0.250 e. The monoisotopic (exact) mass is 373 g/mol. The zero-order chi connectivity index (χ0) is 13.8. The molecule has 0 saturated carbocycles.